The van der Waals surface area contributed by atoms with Crippen LogP contribution in [0.2, 0.25) is 0 Å². The number of rotatable bonds is 2. The van der Waals surface area contributed by atoms with E-state index in [-0.39, 0.29) is 43.3 Å². The molecule has 4 aliphatic carbocycles. The summed E-state index contributed by atoms with van der Waals surface area (Å²) in [5.41, 5.74) is 4.21. The van der Waals surface area contributed by atoms with Gasteiger partial charge in [0, 0.05) is 43.5 Å². The van der Waals surface area contributed by atoms with Crippen molar-refractivity contribution in [1.82, 2.24) is 0 Å². The molecule has 6 nitrogen and oxygen atoms in total. The van der Waals surface area contributed by atoms with Crippen LogP contribution in [0.25, 0.3) is 72.0 Å². The van der Waals surface area contributed by atoms with Gasteiger partial charge in [-0.15, -0.1) is 45.3 Å². The quantitative estimate of drug-likeness (QED) is 0.173. The van der Waals surface area contributed by atoms with Gasteiger partial charge >= 0.3 is 0 Å². The number of fused-ring (bicyclic) bond motifs is 17. The number of hydrogen-bond acceptors (Lipinski definition) is 10. The minimum atomic E-state index is -0.287. The molecule has 0 radical (unpaired) electrons. The highest BCUT2D eigenvalue weighted by molar-refractivity contribution is 7.35. The second kappa shape index (κ2) is 12.6. The summed E-state index contributed by atoms with van der Waals surface area (Å²) in [6.07, 6.45) is 11.3. The number of thiophene rings is 4. The second-order valence-electron chi connectivity index (χ2n) is 17.9. The molecule has 10 aromatic rings. The maximum atomic E-state index is 13.8. The van der Waals surface area contributed by atoms with Crippen LogP contribution in [-0.2, 0) is 10.8 Å². The second-order valence-corrected chi connectivity index (χ2v) is 22.0. The largest absolute Gasteiger partial charge is 0.287 e. The van der Waals surface area contributed by atoms with E-state index in [0.29, 0.717) is 21.5 Å². The van der Waals surface area contributed by atoms with Crippen LogP contribution in [0, 0.1) is 0 Å². The molecule has 300 valence electrons. The standard InChI is InChI=1S/C52H34N2O4S4/c55-41-29-19-25-11-3-4-12-26(25)20-30(29)42(56)39(41)53-35-23-33-45(59-35)47-37(51(33)15-7-1-8-16-51)49-50(61-47)38-48(62-49)46-34(52(38)17-9-2-10-18-52)24-36(60-46)54-40-43(57)31-21-27-13-5-6-14-28(27)22-32(31)44(40)58/h3-6,11-14,19-24H,1-2,7-10,15-18H2. The maximum absolute atomic E-state index is 13.8. The van der Waals surface area contributed by atoms with Gasteiger partial charge in [0.15, 0.2) is 10.7 Å². The van der Waals surface area contributed by atoms with Crippen LogP contribution in [0.4, 0.5) is 10.0 Å². The molecule has 0 saturated heterocycles. The van der Waals surface area contributed by atoms with E-state index in [1.807, 2.05) is 95.5 Å². The molecule has 2 spiro atoms. The Hall–Kier alpha value is -5.52. The first-order valence-corrected chi connectivity index (χ1v) is 24.9. The lowest BCUT2D eigenvalue weighted by Crippen LogP contribution is -2.31. The Morgan fingerprint density at radius 2 is 0.742 bits per heavy atom. The molecule has 10 heteroatoms. The smallest absolute Gasteiger partial charge is 0.216 e. The average Bonchev–Trinajstić information content (AvgIpc) is 4.18. The highest BCUT2D eigenvalue weighted by Gasteiger charge is 2.52. The van der Waals surface area contributed by atoms with Crippen molar-refractivity contribution in [3.63, 3.8) is 0 Å². The molecule has 0 bridgehead atoms. The summed E-state index contributed by atoms with van der Waals surface area (Å²) in [4.78, 5) is 70.1. The van der Waals surface area contributed by atoms with Crippen molar-refractivity contribution in [2.75, 3.05) is 0 Å². The van der Waals surface area contributed by atoms with Gasteiger partial charge in [-0.25, -0.2) is 9.98 Å². The summed E-state index contributed by atoms with van der Waals surface area (Å²) in [5, 5.41) is 7.05. The first kappa shape index (κ1) is 36.0. The highest BCUT2D eigenvalue weighted by Crippen LogP contribution is 2.70. The SMILES string of the molecule is O=c1c(=Nc2cc3c(s2)-c2sc4c5c(sc4c2C32CCCCC2)-c2sc(N=c3c(=O)c4cc6ccccc6cc4c3=O)cc2C52CCCCC2)c(=O)c2cc3ccccc3cc12. The molecule has 14 rings (SSSR count). The lowest BCUT2D eigenvalue weighted by molar-refractivity contribution is 0.355. The molecule has 0 aliphatic heterocycles. The zero-order valence-electron chi connectivity index (χ0n) is 33.3. The zero-order chi connectivity index (χ0) is 41.2. The van der Waals surface area contributed by atoms with Crippen molar-refractivity contribution < 1.29 is 0 Å². The molecule has 4 aromatic heterocycles. The van der Waals surface area contributed by atoms with Gasteiger partial charge < -0.3 is 0 Å². The van der Waals surface area contributed by atoms with Crippen LogP contribution in [0.5, 0.6) is 0 Å². The van der Waals surface area contributed by atoms with Gasteiger partial charge in [-0.2, -0.15) is 0 Å². The van der Waals surface area contributed by atoms with Crippen LogP contribution >= 0.6 is 45.3 Å². The molecular weight excluding hydrogens is 845 g/mol. The third-order valence-electron chi connectivity index (χ3n) is 14.8. The summed E-state index contributed by atoms with van der Waals surface area (Å²) in [7, 11) is 0. The Kier molecular flexibility index (Phi) is 7.30. The first-order chi connectivity index (χ1) is 30.3. The lowest BCUT2D eigenvalue weighted by atomic mass is 9.67. The summed E-state index contributed by atoms with van der Waals surface area (Å²) < 4.78 is 2.83. The van der Waals surface area contributed by atoms with E-state index in [9.17, 15) is 19.2 Å². The van der Waals surface area contributed by atoms with E-state index in [2.05, 4.69) is 12.1 Å². The van der Waals surface area contributed by atoms with E-state index in [4.69, 9.17) is 9.98 Å². The Bertz CT molecular complexity index is 3600. The van der Waals surface area contributed by atoms with E-state index >= 15 is 0 Å². The molecule has 4 heterocycles. The predicted molar refractivity (Wildman–Crippen MR) is 257 cm³/mol. The molecule has 2 fully saturated rings. The van der Waals surface area contributed by atoms with Crippen LogP contribution in [0.3, 0.4) is 0 Å². The monoisotopic (exact) mass is 878 g/mol. The van der Waals surface area contributed by atoms with Crippen molar-refractivity contribution >= 4 is 108 Å². The summed E-state index contributed by atoms with van der Waals surface area (Å²) in [6.45, 7) is 0. The van der Waals surface area contributed by atoms with E-state index in [1.54, 1.807) is 22.7 Å². The van der Waals surface area contributed by atoms with E-state index in [1.165, 1.54) is 64.0 Å². The highest BCUT2D eigenvalue weighted by atomic mass is 32.1. The van der Waals surface area contributed by atoms with E-state index < -0.39 is 0 Å². The van der Waals surface area contributed by atoms with Crippen molar-refractivity contribution in [2.24, 2.45) is 9.98 Å². The van der Waals surface area contributed by atoms with Gasteiger partial charge in [0.2, 0.25) is 21.7 Å². The van der Waals surface area contributed by atoms with Gasteiger partial charge in [0.1, 0.15) is 10.0 Å². The number of hydrogen-bond donors (Lipinski definition) is 0. The zero-order valence-corrected chi connectivity index (χ0v) is 36.6. The Labute approximate surface area is 368 Å². The lowest BCUT2D eigenvalue weighted by Gasteiger charge is -2.35. The average molecular weight is 879 g/mol. The molecule has 0 amide bonds. The van der Waals surface area contributed by atoms with Gasteiger partial charge in [0.25, 0.3) is 0 Å². The van der Waals surface area contributed by atoms with Gasteiger partial charge in [-0.05, 0) is 94.8 Å². The van der Waals surface area contributed by atoms with Crippen molar-refractivity contribution in [3.8, 4) is 19.5 Å². The number of benzene rings is 4. The predicted octanol–water partition coefficient (Wildman–Crippen LogP) is 11.8. The molecule has 0 unspecified atom stereocenters. The fourth-order valence-electron chi connectivity index (χ4n) is 12.0. The van der Waals surface area contributed by atoms with Crippen LogP contribution in [-0.4, -0.2) is 0 Å². The van der Waals surface area contributed by atoms with Gasteiger partial charge in [0.05, 0.1) is 28.9 Å². The fourth-order valence-corrected chi connectivity index (χ4v) is 17.9. The Balaban J connectivity index is 0.937. The molecule has 6 aromatic carbocycles. The van der Waals surface area contributed by atoms with Crippen LogP contribution in [0.15, 0.2) is 114 Å². The molecule has 62 heavy (non-hydrogen) atoms. The fraction of sp³-hybridized carbons (Fsp3) is 0.231. The maximum Gasteiger partial charge on any atom is 0.216 e. The molecule has 2 saturated carbocycles. The summed E-state index contributed by atoms with van der Waals surface area (Å²) >= 11 is 7.18. The van der Waals surface area contributed by atoms with Crippen molar-refractivity contribution in [2.45, 2.75) is 75.0 Å². The van der Waals surface area contributed by atoms with E-state index in [0.717, 1.165) is 82.9 Å². The molecule has 0 atom stereocenters. The minimum absolute atomic E-state index is 0.0211. The van der Waals surface area contributed by atoms with Crippen LogP contribution < -0.4 is 32.4 Å². The van der Waals surface area contributed by atoms with Gasteiger partial charge in [-0.3, -0.25) is 19.2 Å². The first-order valence-electron chi connectivity index (χ1n) is 21.6. The third kappa shape index (κ3) is 4.58. The molecular formula is C52H34N2O4S4. The van der Waals surface area contributed by atoms with Crippen LogP contribution in [0.1, 0.15) is 86.5 Å². The topological polar surface area (TPSA) is 93.0 Å². The molecule has 4 aliphatic rings. The molecule has 0 N–H and O–H groups in total. The third-order valence-corrected chi connectivity index (χ3v) is 19.8. The normalized spacial score (nSPS) is 17.2. The summed E-state index contributed by atoms with van der Waals surface area (Å²) in [5.74, 6) is 0. The Morgan fingerprint density at radius 1 is 0.403 bits per heavy atom. The van der Waals surface area contributed by atoms with Crippen molar-refractivity contribution in [1.29, 1.82) is 0 Å². The summed E-state index contributed by atoms with van der Waals surface area (Å²) in [6, 6.07) is 27.4. The van der Waals surface area contributed by atoms with Crippen molar-refractivity contribution in [3.05, 3.63) is 159 Å². The minimum Gasteiger partial charge on any atom is -0.287 e. The van der Waals surface area contributed by atoms with Gasteiger partial charge in [-0.1, -0.05) is 87.1 Å². The Morgan fingerprint density at radius 3 is 1.08 bits per heavy atom. The number of nitrogens with zero attached hydrogens (tertiary/aromatic N) is 2.